The zero-order valence-electron chi connectivity index (χ0n) is 19.4. The largest absolute Gasteiger partial charge is 0.492 e. The van der Waals surface area contributed by atoms with Gasteiger partial charge in [0, 0.05) is 11.4 Å². The van der Waals surface area contributed by atoms with Gasteiger partial charge in [-0.05, 0) is 60.7 Å². The van der Waals surface area contributed by atoms with E-state index < -0.39 is 7.26 Å². The minimum atomic E-state index is -2.36. The zero-order chi connectivity index (χ0) is 23.9. The lowest BCUT2D eigenvalue weighted by atomic mass is 10.2. The molecule has 170 valence electrons. The van der Waals surface area contributed by atoms with E-state index in [1.165, 1.54) is 15.9 Å². The van der Waals surface area contributed by atoms with Crippen molar-refractivity contribution in [1.29, 1.82) is 0 Å². The molecule has 1 N–H and O–H groups in total. The first-order valence-electron chi connectivity index (χ1n) is 11.7. The van der Waals surface area contributed by atoms with E-state index in [-0.39, 0.29) is 5.88 Å². The molecule has 0 amide bonds. The van der Waals surface area contributed by atoms with Gasteiger partial charge in [0.2, 0.25) is 5.88 Å². The Morgan fingerprint density at radius 2 is 0.743 bits per heavy atom. The van der Waals surface area contributed by atoms with E-state index in [0.717, 1.165) is 11.4 Å². The van der Waals surface area contributed by atoms with Crippen LogP contribution in [0.3, 0.4) is 0 Å². The Labute approximate surface area is 207 Å². The average Bonchev–Trinajstić information content (AvgIpc) is 2.94. The molecule has 0 saturated heterocycles. The third kappa shape index (κ3) is 4.62. The third-order valence-electron chi connectivity index (χ3n) is 6.06. The summed E-state index contributed by atoms with van der Waals surface area (Å²) in [4.78, 5) is 1.92. The lowest BCUT2D eigenvalue weighted by Gasteiger charge is -2.28. The molecule has 0 heterocycles. The van der Waals surface area contributed by atoms with Crippen molar-refractivity contribution in [2.75, 3.05) is 4.90 Å². The van der Waals surface area contributed by atoms with Gasteiger partial charge >= 0.3 is 0 Å². The Hall–Kier alpha value is -4.13. The van der Waals surface area contributed by atoms with Crippen molar-refractivity contribution < 1.29 is 5.11 Å². The smallest absolute Gasteiger partial charge is 0.233 e. The SMILES string of the molecule is O/C(=C\[P+](c1ccccc1)(c1ccccc1)c1ccccc1)N(c1ccccc1)c1ccccc1. The number of aliphatic hydroxyl groups is 1. The summed E-state index contributed by atoms with van der Waals surface area (Å²) in [6.07, 6.45) is 0. The van der Waals surface area contributed by atoms with Crippen LogP contribution in [0.2, 0.25) is 0 Å². The first kappa shape index (κ1) is 22.7. The van der Waals surface area contributed by atoms with Gasteiger partial charge in [0.1, 0.15) is 29.0 Å². The Kier molecular flexibility index (Phi) is 6.75. The summed E-state index contributed by atoms with van der Waals surface area (Å²) >= 11 is 0. The Morgan fingerprint density at radius 1 is 0.457 bits per heavy atom. The van der Waals surface area contributed by atoms with Gasteiger partial charge in [-0.1, -0.05) is 91.0 Å². The fourth-order valence-corrected chi connectivity index (χ4v) is 8.19. The van der Waals surface area contributed by atoms with E-state index in [4.69, 9.17) is 0 Å². The van der Waals surface area contributed by atoms with Crippen LogP contribution in [0.5, 0.6) is 0 Å². The highest BCUT2D eigenvalue weighted by Gasteiger charge is 2.45. The third-order valence-corrected chi connectivity index (χ3v) is 10.0. The van der Waals surface area contributed by atoms with E-state index in [2.05, 4.69) is 78.6 Å². The standard InChI is InChI=1S/C32H26NOP/c34-32(33(27-16-6-1-7-17-27)28-18-8-2-9-19-28)26-35(29-20-10-3-11-21-29,30-22-12-4-13-23-30)31-24-14-5-15-25-31/h1-26H/p+1/b32-26-. The predicted octanol–water partition coefficient (Wildman–Crippen LogP) is 7.18. The van der Waals surface area contributed by atoms with Crippen LogP contribution in [0.1, 0.15) is 0 Å². The first-order valence-corrected chi connectivity index (χ1v) is 13.5. The highest BCUT2D eigenvalue weighted by Crippen LogP contribution is 2.58. The van der Waals surface area contributed by atoms with Crippen molar-refractivity contribution >= 4 is 34.6 Å². The molecule has 0 radical (unpaired) electrons. The molecule has 0 spiro atoms. The number of anilines is 2. The Balaban J connectivity index is 1.80. The zero-order valence-corrected chi connectivity index (χ0v) is 20.2. The number of nitrogens with zero attached hydrogens (tertiary/aromatic N) is 1. The number of hydrogen-bond acceptors (Lipinski definition) is 2. The van der Waals surface area contributed by atoms with Gasteiger partial charge in [-0.15, -0.1) is 0 Å². The summed E-state index contributed by atoms with van der Waals surface area (Å²) in [6, 6.07) is 51.6. The van der Waals surface area contributed by atoms with E-state index in [1.807, 2.05) is 83.8 Å². The second-order valence-corrected chi connectivity index (χ2v) is 11.5. The second-order valence-electron chi connectivity index (χ2n) is 8.22. The van der Waals surface area contributed by atoms with Gasteiger partial charge in [-0.25, -0.2) is 0 Å². The monoisotopic (exact) mass is 472 g/mol. The lowest BCUT2D eigenvalue weighted by molar-refractivity contribution is 0.404. The van der Waals surface area contributed by atoms with Crippen LogP contribution < -0.4 is 20.8 Å². The van der Waals surface area contributed by atoms with E-state index >= 15 is 0 Å². The van der Waals surface area contributed by atoms with Crippen LogP contribution in [0.25, 0.3) is 0 Å². The molecule has 0 unspecified atom stereocenters. The Bertz CT molecular complexity index is 1240. The maximum Gasteiger partial charge on any atom is 0.233 e. The molecule has 0 aliphatic carbocycles. The summed E-state index contributed by atoms with van der Waals surface area (Å²) in [5.41, 5.74) is 1.81. The highest BCUT2D eigenvalue weighted by molar-refractivity contribution is 7.98. The molecule has 0 aliphatic heterocycles. The van der Waals surface area contributed by atoms with Gasteiger partial charge in [0.05, 0.1) is 0 Å². The molecule has 0 saturated carbocycles. The highest BCUT2D eigenvalue weighted by atomic mass is 31.2. The quantitative estimate of drug-likeness (QED) is 0.200. The van der Waals surface area contributed by atoms with Crippen molar-refractivity contribution in [2.24, 2.45) is 0 Å². The van der Waals surface area contributed by atoms with Crippen molar-refractivity contribution in [1.82, 2.24) is 0 Å². The molecular weight excluding hydrogens is 445 g/mol. The molecule has 2 nitrogen and oxygen atoms in total. The summed E-state index contributed by atoms with van der Waals surface area (Å²) in [5, 5.41) is 15.5. The van der Waals surface area contributed by atoms with Gasteiger partial charge in [-0.3, -0.25) is 4.90 Å². The van der Waals surface area contributed by atoms with Crippen LogP contribution in [-0.4, -0.2) is 5.11 Å². The number of rotatable bonds is 7. The van der Waals surface area contributed by atoms with Crippen molar-refractivity contribution in [3.05, 3.63) is 163 Å². The van der Waals surface area contributed by atoms with Gasteiger partial charge in [0.25, 0.3) is 0 Å². The van der Waals surface area contributed by atoms with Crippen LogP contribution in [0.4, 0.5) is 11.4 Å². The van der Waals surface area contributed by atoms with Gasteiger partial charge in [0.15, 0.2) is 0 Å². The summed E-state index contributed by atoms with van der Waals surface area (Å²) in [6.45, 7) is 0. The van der Waals surface area contributed by atoms with E-state index in [9.17, 15) is 5.11 Å². The number of para-hydroxylation sites is 2. The van der Waals surface area contributed by atoms with Gasteiger partial charge < -0.3 is 5.11 Å². The molecule has 0 bridgehead atoms. The minimum Gasteiger partial charge on any atom is -0.492 e. The molecule has 0 aromatic heterocycles. The maximum absolute atomic E-state index is 12.0. The van der Waals surface area contributed by atoms with Gasteiger partial charge in [-0.2, -0.15) is 0 Å². The van der Waals surface area contributed by atoms with Crippen molar-refractivity contribution in [3.63, 3.8) is 0 Å². The summed E-state index contributed by atoms with van der Waals surface area (Å²) in [5.74, 6) is 2.29. The molecule has 0 aliphatic rings. The molecule has 35 heavy (non-hydrogen) atoms. The molecule has 0 atom stereocenters. The second kappa shape index (κ2) is 10.4. The minimum absolute atomic E-state index is 0.201. The fourth-order valence-electron chi connectivity index (χ4n) is 4.46. The molecule has 3 heteroatoms. The first-order chi connectivity index (χ1) is 17.3. The van der Waals surface area contributed by atoms with E-state index in [0.29, 0.717) is 0 Å². The summed E-state index contributed by atoms with van der Waals surface area (Å²) < 4.78 is 0. The van der Waals surface area contributed by atoms with Crippen molar-refractivity contribution in [2.45, 2.75) is 0 Å². The summed E-state index contributed by atoms with van der Waals surface area (Å²) in [7, 11) is -2.36. The topological polar surface area (TPSA) is 23.5 Å². The molecular formula is C32H27NOP+. The fraction of sp³-hybridized carbons (Fsp3) is 0. The van der Waals surface area contributed by atoms with Crippen molar-refractivity contribution in [3.8, 4) is 0 Å². The van der Waals surface area contributed by atoms with Crippen LogP contribution in [-0.2, 0) is 0 Å². The number of benzene rings is 5. The van der Waals surface area contributed by atoms with E-state index in [1.54, 1.807) is 0 Å². The molecule has 5 aromatic carbocycles. The maximum atomic E-state index is 12.0. The number of aliphatic hydroxyl groups excluding tert-OH is 1. The van der Waals surface area contributed by atoms with Crippen LogP contribution >= 0.6 is 7.26 Å². The Morgan fingerprint density at radius 3 is 1.06 bits per heavy atom. The normalized spacial score (nSPS) is 11.7. The molecule has 5 rings (SSSR count). The molecule has 0 fully saturated rings. The van der Waals surface area contributed by atoms with Crippen LogP contribution in [0, 0.1) is 0 Å². The molecule has 5 aromatic rings. The predicted molar refractivity (Wildman–Crippen MR) is 151 cm³/mol. The number of hydrogen-bond donors (Lipinski definition) is 1. The van der Waals surface area contributed by atoms with Crippen LogP contribution in [0.15, 0.2) is 163 Å². The lowest BCUT2D eigenvalue weighted by Crippen LogP contribution is -2.31. The average molecular weight is 473 g/mol.